The number of ether oxygens (including phenoxy) is 1. The molecule has 140 valence electrons. The Balaban J connectivity index is 1.73. The Morgan fingerprint density at radius 3 is 2.81 bits per heavy atom. The summed E-state index contributed by atoms with van der Waals surface area (Å²) in [6.07, 6.45) is 4.05. The lowest BCUT2D eigenvalue weighted by Crippen LogP contribution is -2.12. The van der Waals surface area contributed by atoms with Crippen LogP contribution in [0.4, 0.5) is 5.69 Å². The van der Waals surface area contributed by atoms with Crippen molar-refractivity contribution in [1.29, 1.82) is 0 Å². The summed E-state index contributed by atoms with van der Waals surface area (Å²) in [4.78, 5) is 10.3. The molecule has 2 heterocycles. The minimum absolute atomic E-state index is 0.0475. The van der Waals surface area contributed by atoms with E-state index in [0.717, 1.165) is 5.75 Å². The van der Waals surface area contributed by atoms with E-state index in [1.54, 1.807) is 6.08 Å². The van der Waals surface area contributed by atoms with Gasteiger partial charge in [-0.25, -0.2) is 0 Å². The van der Waals surface area contributed by atoms with Gasteiger partial charge in [0.05, 0.1) is 10.8 Å². The maximum atomic E-state index is 10.8. The lowest BCUT2D eigenvalue weighted by Gasteiger charge is -2.15. The number of nitrogens with zero attached hydrogens (tertiary/aromatic N) is 6. The number of hydrogen-bond donors (Lipinski definition) is 0. The van der Waals surface area contributed by atoms with Gasteiger partial charge >= 0.3 is 5.69 Å². The van der Waals surface area contributed by atoms with Gasteiger partial charge in [0.25, 0.3) is 0 Å². The summed E-state index contributed by atoms with van der Waals surface area (Å²) in [5, 5.41) is 23.9. The zero-order valence-electron chi connectivity index (χ0n) is 14.6. The maximum absolute atomic E-state index is 10.8. The topological polar surface area (TPSA) is 101 Å². The van der Waals surface area contributed by atoms with Crippen LogP contribution in [0.1, 0.15) is 18.9 Å². The molecule has 27 heavy (non-hydrogen) atoms. The average molecular weight is 386 g/mol. The normalized spacial score (nSPS) is 11.9. The van der Waals surface area contributed by atoms with Gasteiger partial charge in [0.1, 0.15) is 18.1 Å². The van der Waals surface area contributed by atoms with E-state index in [2.05, 4.69) is 21.9 Å². The monoisotopic (exact) mass is 386 g/mol. The quantitative estimate of drug-likeness (QED) is 0.240. The Bertz CT molecular complexity index is 924. The number of allylic oxidation sites excluding steroid dienone is 1. The predicted octanol–water partition coefficient (Wildman–Crippen LogP) is 3.46. The molecule has 1 atom stereocenters. The molecule has 0 saturated heterocycles. The molecule has 0 spiro atoms. The van der Waals surface area contributed by atoms with Gasteiger partial charge in [0.2, 0.25) is 0 Å². The number of benzene rings is 1. The zero-order valence-corrected chi connectivity index (χ0v) is 15.5. The van der Waals surface area contributed by atoms with Gasteiger partial charge < -0.3 is 4.74 Å². The van der Waals surface area contributed by atoms with E-state index < -0.39 is 4.92 Å². The molecule has 0 radical (unpaired) electrons. The van der Waals surface area contributed by atoms with Gasteiger partial charge in [-0.15, -0.1) is 16.8 Å². The molecule has 0 saturated carbocycles. The molecular weight excluding hydrogens is 368 g/mol. The average Bonchev–Trinajstić information content (AvgIpc) is 3.28. The van der Waals surface area contributed by atoms with E-state index in [-0.39, 0.29) is 11.8 Å². The highest BCUT2D eigenvalue weighted by atomic mass is 32.2. The minimum Gasteiger partial charge on any atom is -0.483 e. The fourth-order valence-electron chi connectivity index (χ4n) is 2.41. The van der Waals surface area contributed by atoms with E-state index in [4.69, 9.17) is 4.74 Å². The lowest BCUT2D eigenvalue weighted by atomic mass is 10.3. The first kappa shape index (κ1) is 18.6. The number of nitro groups is 1. The van der Waals surface area contributed by atoms with Crippen molar-refractivity contribution < 1.29 is 9.66 Å². The van der Waals surface area contributed by atoms with Crippen LogP contribution in [0.25, 0.3) is 0 Å². The van der Waals surface area contributed by atoms with Crippen LogP contribution in [0.5, 0.6) is 5.75 Å². The summed E-state index contributed by atoms with van der Waals surface area (Å²) in [5.41, 5.74) is -0.0475. The number of para-hydroxylation sites is 1. The van der Waals surface area contributed by atoms with Crippen molar-refractivity contribution in [2.45, 2.75) is 30.6 Å². The number of rotatable bonds is 9. The fourth-order valence-corrected chi connectivity index (χ4v) is 3.22. The molecule has 10 heteroatoms. The van der Waals surface area contributed by atoms with E-state index in [1.807, 2.05) is 41.8 Å². The van der Waals surface area contributed by atoms with Gasteiger partial charge in [0.15, 0.2) is 17.1 Å². The van der Waals surface area contributed by atoms with E-state index in [1.165, 1.54) is 28.8 Å². The van der Waals surface area contributed by atoms with Gasteiger partial charge in [-0.1, -0.05) is 36.0 Å². The van der Waals surface area contributed by atoms with Crippen molar-refractivity contribution in [3.05, 3.63) is 71.3 Å². The Morgan fingerprint density at radius 1 is 1.37 bits per heavy atom. The molecule has 0 fully saturated rings. The van der Waals surface area contributed by atoms with E-state index in [0.29, 0.717) is 23.4 Å². The highest BCUT2D eigenvalue weighted by Crippen LogP contribution is 2.25. The van der Waals surface area contributed by atoms with Crippen LogP contribution in [0.3, 0.4) is 0 Å². The van der Waals surface area contributed by atoms with Crippen LogP contribution >= 0.6 is 11.8 Å². The maximum Gasteiger partial charge on any atom is 0.307 e. The molecule has 3 rings (SSSR count). The third kappa shape index (κ3) is 4.53. The summed E-state index contributed by atoms with van der Waals surface area (Å²) in [6, 6.07) is 9.49. The molecular formula is C17H18N6O3S. The number of hydrogen-bond acceptors (Lipinski definition) is 7. The predicted molar refractivity (Wildman–Crippen MR) is 100 cm³/mol. The largest absolute Gasteiger partial charge is 0.483 e. The second-order valence-electron chi connectivity index (χ2n) is 5.58. The third-order valence-electron chi connectivity index (χ3n) is 3.63. The standard InChI is InChI=1S/C17H18N6O3S/c1-3-9-22-16(13(2)26-15-7-5-4-6-8-15)19-20-17(22)27-12-21-11-14(10-18-21)23(24)25/h3-8,10-11,13H,1,9,12H2,2H3. The second-order valence-corrected chi connectivity index (χ2v) is 6.49. The van der Waals surface area contributed by atoms with E-state index >= 15 is 0 Å². The summed E-state index contributed by atoms with van der Waals surface area (Å²) in [5.74, 6) is 1.79. The van der Waals surface area contributed by atoms with Crippen molar-refractivity contribution >= 4 is 17.4 Å². The van der Waals surface area contributed by atoms with Gasteiger partial charge in [0, 0.05) is 6.54 Å². The van der Waals surface area contributed by atoms with Gasteiger partial charge in [-0.2, -0.15) is 5.10 Å². The Kier molecular flexibility index (Phi) is 5.87. The van der Waals surface area contributed by atoms with Crippen molar-refractivity contribution in [3.63, 3.8) is 0 Å². The molecule has 0 aliphatic rings. The first-order valence-corrected chi connectivity index (χ1v) is 9.12. The summed E-state index contributed by atoms with van der Waals surface area (Å²) >= 11 is 1.37. The van der Waals surface area contributed by atoms with Crippen LogP contribution < -0.4 is 4.74 Å². The molecule has 0 aliphatic carbocycles. The first-order chi connectivity index (χ1) is 13.1. The van der Waals surface area contributed by atoms with Crippen molar-refractivity contribution in [2.75, 3.05) is 0 Å². The summed E-state index contributed by atoms with van der Waals surface area (Å²) in [7, 11) is 0. The SMILES string of the molecule is C=CCn1c(SCn2cc([N+](=O)[O-])cn2)nnc1C(C)Oc1ccccc1. The minimum atomic E-state index is -0.477. The molecule has 0 aliphatic heterocycles. The Labute approximate surface area is 159 Å². The van der Waals surface area contributed by atoms with Crippen LogP contribution in [-0.4, -0.2) is 29.5 Å². The zero-order chi connectivity index (χ0) is 19.2. The molecule has 1 aromatic carbocycles. The molecule has 3 aromatic rings. The van der Waals surface area contributed by atoms with E-state index in [9.17, 15) is 10.1 Å². The highest BCUT2D eigenvalue weighted by molar-refractivity contribution is 7.98. The molecule has 9 nitrogen and oxygen atoms in total. The second kappa shape index (κ2) is 8.49. The smallest absolute Gasteiger partial charge is 0.307 e. The fraction of sp³-hybridized carbons (Fsp3) is 0.235. The highest BCUT2D eigenvalue weighted by Gasteiger charge is 2.19. The molecule has 0 N–H and O–H groups in total. The van der Waals surface area contributed by atoms with Crippen LogP contribution in [0.15, 0.2) is 60.5 Å². The Hall–Kier alpha value is -3.14. The van der Waals surface area contributed by atoms with Crippen molar-refractivity contribution in [2.24, 2.45) is 0 Å². The third-order valence-corrected chi connectivity index (χ3v) is 4.59. The van der Waals surface area contributed by atoms with Crippen molar-refractivity contribution in [3.8, 4) is 5.75 Å². The van der Waals surface area contributed by atoms with Gasteiger partial charge in [-0.05, 0) is 19.1 Å². The van der Waals surface area contributed by atoms with Crippen LogP contribution in [0, 0.1) is 10.1 Å². The molecule has 1 unspecified atom stereocenters. The van der Waals surface area contributed by atoms with Crippen molar-refractivity contribution in [1.82, 2.24) is 24.5 Å². The molecule has 0 amide bonds. The van der Waals surface area contributed by atoms with Crippen LogP contribution in [-0.2, 0) is 12.4 Å². The lowest BCUT2D eigenvalue weighted by molar-refractivity contribution is -0.385. The summed E-state index contributed by atoms with van der Waals surface area (Å²) < 4.78 is 9.33. The number of aromatic nitrogens is 5. The molecule has 2 aromatic heterocycles. The first-order valence-electron chi connectivity index (χ1n) is 8.14. The number of thioether (sulfide) groups is 1. The van der Waals surface area contributed by atoms with Gasteiger partial charge in [-0.3, -0.25) is 19.4 Å². The molecule has 0 bridgehead atoms. The van der Waals surface area contributed by atoms with Crippen LogP contribution in [0.2, 0.25) is 0 Å². The summed E-state index contributed by atoms with van der Waals surface area (Å²) in [6.45, 7) is 6.21. The Morgan fingerprint density at radius 2 is 2.15 bits per heavy atom.